The van der Waals surface area contributed by atoms with Crippen molar-refractivity contribution in [3.8, 4) is 34.2 Å². The quantitative estimate of drug-likeness (QED) is 0.222. The van der Waals surface area contributed by atoms with E-state index >= 15 is 0 Å². The van der Waals surface area contributed by atoms with Gasteiger partial charge in [-0.05, 0) is 44.0 Å². The third-order valence-corrected chi connectivity index (χ3v) is 7.72. The molecule has 188 valence electrons. The largest absolute Gasteiger partial charge is 0.335 e. The molecule has 1 atom stereocenters. The predicted octanol–water partition coefficient (Wildman–Crippen LogP) is 8.91. The smallest absolute Gasteiger partial charge is 0.164 e. The first-order valence-corrected chi connectivity index (χ1v) is 13.5. The molecule has 0 amide bonds. The Kier molecular flexibility index (Phi) is 6.24. The van der Waals surface area contributed by atoms with E-state index in [1.807, 2.05) is 60.7 Å². The average molecular weight is 497 g/mol. The van der Waals surface area contributed by atoms with Crippen LogP contribution in [0.1, 0.15) is 40.0 Å². The van der Waals surface area contributed by atoms with Gasteiger partial charge in [-0.25, -0.2) is 15.0 Å². The molecule has 0 aliphatic heterocycles. The molecule has 0 radical (unpaired) electrons. The minimum absolute atomic E-state index is 0.0474. The van der Waals surface area contributed by atoms with Crippen molar-refractivity contribution in [2.24, 2.45) is 0 Å². The van der Waals surface area contributed by atoms with Crippen molar-refractivity contribution in [2.45, 2.75) is 45.6 Å². The van der Waals surface area contributed by atoms with Crippen LogP contribution < -0.4 is 0 Å². The molecular weight excluding hydrogens is 464 g/mol. The Labute approximate surface area is 224 Å². The minimum atomic E-state index is 0.0474. The summed E-state index contributed by atoms with van der Waals surface area (Å²) in [7, 11) is 0. The van der Waals surface area contributed by atoms with Crippen LogP contribution in [0.3, 0.4) is 0 Å². The van der Waals surface area contributed by atoms with Crippen molar-refractivity contribution in [3.05, 3.63) is 103 Å². The van der Waals surface area contributed by atoms with Crippen LogP contribution in [0.25, 0.3) is 56.0 Å². The number of benzene rings is 4. The summed E-state index contributed by atoms with van der Waals surface area (Å²) in [6, 6.07) is 35.7. The van der Waals surface area contributed by atoms with Gasteiger partial charge in [-0.15, -0.1) is 0 Å². The molecule has 0 fully saturated rings. The summed E-state index contributed by atoms with van der Waals surface area (Å²) in [5, 5.41) is 2.50. The molecular formula is C34H32N4. The molecule has 0 aliphatic carbocycles. The Bertz CT molecular complexity index is 1660. The maximum Gasteiger partial charge on any atom is 0.164 e. The SMILES string of the molecule is CCCC(C)(CC)n1c2ccccc2c2cc(-c3nc(-c4ccccc4)nc(-c4ccccc4)n3)ccc21. The van der Waals surface area contributed by atoms with Gasteiger partial charge in [-0.2, -0.15) is 0 Å². The predicted molar refractivity (Wildman–Crippen MR) is 158 cm³/mol. The summed E-state index contributed by atoms with van der Waals surface area (Å²) < 4.78 is 2.56. The van der Waals surface area contributed by atoms with E-state index in [2.05, 4.69) is 67.8 Å². The van der Waals surface area contributed by atoms with E-state index in [-0.39, 0.29) is 5.54 Å². The number of nitrogens with zero attached hydrogens (tertiary/aromatic N) is 4. The van der Waals surface area contributed by atoms with Crippen LogP contribution >= 0.6 is 0 Å². The Morgan fingerprint density at radius 3 is 1.68 bits per heavy atom. The number of fused-ring (bicyclic) bond motifs is 3. The summed E-state index contributed by atoms with van der Waals surface area (Å²) in [5.74, 6) is 2.04. The number of hydrogen-bond acceptors (Lipinski definition) is 3. The summed E-state index contributed by atoms with van der Waals surface area (Å²) in [6.07, 6.45) is 3.35. The molecule has 2 aromatic heterocycles. The molecule has 0 aliphatic rings. The van der Waals surface area contributed by atoms with Crippen LogP contribution in [0.4, 0.5) is 0 Å². The van der Waals surface area contributed by atoms with Gasteiger partial charge in [0.1, 0.15) is 0 Å². The third-order valence-electron chi connectivity index (χ3n) is 7.72. The van der Waals surface area contributed by atoms with Crippen molar-refractivity contribution < 1.29 is 0 Å². The molecule has 2 heterocycles. The highest BCUT2D eigenvalue weighted by molar-refractivity contribution is 6.09. The maximum atomic E-state index is 4.96. The molecule has 0 spiro atoms. The lowest BCUT2D eigenvalue weighted by atomic mass is 9.92. The molecule has 6 aromatic rings. The van der Waals surface area contributed by atoms with Crippen LogP contribution in [-0.2, 0) is 5.54 Å². The molecule has 6 rings (SSSR count). The van der Waals surface area contributed by atoms with Gasteiger partial charge in [0.15, 0.2) is 17.5 Å². The van der Waals surface area contributed by atoms with E-state index in [1.54, 1.807) is 0 Å². The van der Waals surface area contributed by atoms with Crippen LogP contribution in [0, 0.1) is 0 Å². The zero-order valence-electron chi connectivity index (χ0n) is 22.2. The van der Waals surface area contributed by atoms with E-state index in [1.165, 1.54) is 21.8 Å². The minimum Gasteiger partial charge on any atom is -0.335 e. The fourth-order valence-electron chi connectivity index (χ4n) is 5.62. The topological polar surface area (TPSA) is 43.6 Å². The Hall–Kier alpha value is -4.31. The number of rotatable bonds is 7. The molecule has 4 aromatic carbocycles. The van der Waals surface area contributed by atoms with Crippen molar-refractivity contribution in [1.29, 1.82) is 0 Å². The average Bonchev–Trinajstić information content (AvgIpc) is 3.32. The summed E-state index contributed by atoms with van der Waals surface area (Å²) in [6.45, 7) is 6.96. The first kappa shape index (κ1) is 24.1. The monoisotopic (exact) mass is 496 g/mol. The second kappa shape index (κ2) is 9.86. The van der Waals surface area contributed by atoms with Crippen LogP contribution in [0.2, 0.25) is 0 Å². The van der Waals surface area contributed by atoms with E-state index in [0.717, 1.165) is 36.0 Å². The Morgan fingerprint density at radius 1 is 0.579 bits per heavy atom. The lowest BCUT2D eigenvalue weighted by Crippen LogP contribution is -2.28. The molecule has 38 heavy (non-hydrogen) atoms. The normalized spacial score (nSPS) is 13.1. The van der Waals surface area contributed by atoms with Crippen LogP contribution in [-0.4, -0.2) is 19.5 Å². The molecule has 0 N–H and O–H groups in total. The van der Waals surface area contributed by atoms with Crippen molar-refractivity contribution >= 4 is 21.8 Å². The first-order valence-electron chi connectivity index (χ1n) is 13.5. The molecule has 0 saturated heterocycles. The molecule has 0 bridgehead atoms. The van der Waals surface area contributed by atoms with Gasteiger partial charge < -0.3 is 4.57 Å². The maximum absolute atomic E-state index is 4.96. The van der Waals surface area contributed by atoms with E-state index in [4.69, 9.17) is 15.0 Å². The molecule has 1 unspecified atom stereocenters. The van der Waals surface area contributed by atoms with E-state index < -0.39 is 0 Å². The highest BCUT2D eigenvalue weighted by Gasteiger charge is 2.27. The Balaban J connectivity index is 1.58. The number of hydrogen-bond donors (Lipinski definition) is 0. The first-order chi connectivity index (χ1) is 18.6. The summed E-state index contributed by atoms with van der Waals surface area (Å²) in [5.41, 5.74) is 5.53. The van der Waals surface area contributed by atoms with Gasteiger partial charge in [-0.1, -0.05) is 99.1 Å². The summed E-state index contributed by atoms with van der Waals surface area (Å²) >= 11 is 0. The van der Waals surface area contributed by atoms with Crippen LogP contribution in [0.15, 0.2) is 103 Å². The number of aromatic nitrogens is 4. The van der Waals surface area contributed by atoms with Crippen molar-refractivity contribution in [1.82, 2.24) is 19.5 Å². The fraction of sp³-hybridized carbons (Fsp3) is 0.206. The van der Waals surface area contributed by atoms with Gasteiger partial charge >= 0.3 is 0 Å². The van der Waals surface area contributed by atoms with Gasteiger partial charge in [0.25, 0.3) is 0 Å². The second-order valence-electron chi connectivity index (χ2n) is 10.2. The lowest BCUT2D eigenvalue weighted by molar-refractivity contribution is 0.296. The van der Waals surface area contributed by atoms with Crippen LogP contribution in [0.5, 0.6) is 0 Å². The summed E-state index contributed by atoms with van der Waals surface area (Å²) in [4.78, 5) is 14.8. The standard InChI is InChI=1S/C34H32N4/c1-4-22-34(3,5-2)38-29-19-13-12-18-27(29)28-23-26(20-21-30(28)38)33-36-31(24-14-8-6-9-15-24)35-32(37-33)25-16-10-7-11-17-25/h6-21,23H,4-5,22H2,1-3H3. The lowest BCUT2D eigenvalue weighted by Gasteiger charge is -2.32. The second-order valence-corrected chi connectivity index (χ2v) is 10.2. The molecule has 0 saturated carbocycles. The van der Waals surface area contributed by atoms with E-state index in [0.29, 0.717) is 17.5 Å². The molecule has 4 heteroatoms. The number of para-hydroxylation sites is 1. The van der Waals surface area contributed by atoms with E-state index in [9.17, 15) is 0 Å². The van der Waals surface area contributed by atoms with Gasteiger partial charge in [0.2, 0.25) is 0 Å². The van der Waals surface area contributed by atoms with Gasteiger partial charge in [-0.3, -0.25) is 0 Å². The fourth-order valence-corrected chi connectivity index (χ4v) is 5.62. The highest BCUT2D eigenvalue weighted by atomic mass is 15.1. The molecule has 4 nitrogen and oxygen atoms in total. The van der Waals surface area contributed by atoms with Crippen molar-refractivity contribution in [3.63, 3.8) is 0 Å². The van der Waals surface area contributed by atoms with Crippen molar-refractivity contribution in [2.75, 3.05) is 0 Å². The third kappa shape index (κ3) is 4.16. The highest BCUT2D eigenvalue weighted by Crippen LogP contribution is 2.39. The zero-order chi connectivity index (χ0) is 26.1. The zero-order valence-corrected chi connectivity index (χ0v) is 22.2. The van der Waals surface area contributed by atoms with Gasteiger partial charge in [0.05, 0.1) is 0 Å². The van der Waals surface area contributed by atoms with Gasteiger partial charge in [0, 0.05) is 44.0 Å². The Morgan fingerprint density at radius 2 is 1.11 bits per heavy atom.